The lowest BCUT2D eigenvalue weighted by Gasteiger charge is -2.23. The Kier molecular flexibility index (Phi) is 9.37. The van der Waals surface area contributed by atoms with Gasteiger partial charge >= 0.3 is 5.97 Å². The van der Waals surface area contributed by atoms with Crippen molar-refractivity contribution in [2.24, 2.45) is 4.99 Å². The summed E-state index contributed by atoms with van der Waals surface area (Å²) in [6.45, 7) is 5.01. The number of esters is 1. The van der Waals surface area contributed by atoms with Crippen molar-refractivity contribution >= 4 is 50.1 Å². The molecule has 2 heterocycles. The monoisotopic (exact) mass is 698 g/mol. The standard InChI is InChI=1S/C36H31BrN2O6S/c1-4-43-30-15-13-23(18-31(30)44-5-2)33-28(35(41)42-3)20-38-36-39(33)34(40)32(46-36)19-25-17-26(37)14-16-29(25)45-21-24-11-8-10-22-9-6-7-12-27(22)24/h6-20,33H,4-5,21H2,1-3H3/b32-19-/t33-/m1/s1. The minimum Gasteiger partial charge on any atom is -0.490 e. The van der Waals surface area contributed by atoms with E-state index in [0.717, 1.165) is 26.4 Å². The fourth-order valence-corrected chi connectivity index (χ4v) is 6.81. The van der Waals surface area contributed by atoms with Crippen LogP contribution in [-0.2, 0) is 16.1 Å². The molecule has 0 radical (unpaired) electrons. The van der Waals surface area contributed by atoms with E-state index < -0.39 is 12.0 Å². The van der Waals surface area contributed by atoms with Gasteiger partial charge in [-0.1, -0.05) is 75.8 Å². The molecule has 0 spiro atoms. The first kappa shape index (κ1) is 31.3. The van der Waals surface area contributed by atoms with Crippen molar-refractivity contribution in [1.29, 1.82) is 0 Å². The molecule has 0 amide bonds. The minimum atomic E-state index is -0.787. The second-order valence-electron chi connectivity index (χ2n) is 10.4. The predicted octanol–water partition coefficient (Wildman–Crippen LogP) is 6.31. The van der Waals surface area contributed by atoms with E-state index in [0.29, 0.717) is 52.0 Å². The second kappa shape index (κ2) is 13.8. The normalized spacial score (nSPS) is 14.3. The smallest absolute Gasteiger partial charge is 0.337 e. The molecule has 1 atom stereocenters. The molecule has 6 rings (SSSR count). The molecule has 1 aliphatic rings. The lowest BCUT2D eigenvalue weighted by molar-refractivity contribution is -0.136. The van der Waals surface area contributed by atoms with Crippen molar-refractivity contribution in [3.8, 4) is 17.2 Å². The molecule has 1 aliphatic heterocycles. The van der Waals surface area contributed by atoms with Gasteiger partial charge < -0.3 is 18.9 Å². The average molecular weight is 700 g/mol. The molecular weight excluding hydrogens is 668 g/mol. The van der Waals surface area contributed by atoms with Gasteiger partial charge in [0, 0.05) is 16.2 Å². The molecule has 0 saturated heterocycles. The topological polar surface area (TPSA) is 88.4 Å². The fourth-order valence-electron chi connectivity index (χ4n) is 5.47. The van der Waals surface area contributed by atoms with Crippen LogP contribution in [0.3, 0.4) is 0 Å². The maximum Gasteiger partial charge on any atom is 0.337 e. The van der Waals surface area contributed by atoms with Crippen LogP contribution >= 0.6 is 27.3 Å². The first-order valence-electron chi connectivity index (χ1n) is 14.8. The number of benzene rings is 4. The van der Waals surface area contributed by atoms with Crippen molar-refractivity contribution in [1.82, 2.24) is 4.57 Å². The molecular formula is C36H31BrN2O6S. The van der Waals surface area contributed by atoms with E-state index in [1.807, 2.05) is 56.3 Å². The van der Waals surface area contributed by atoms with Gasteiger partial charge in [-0.3, -0.25) is 9.36 Å². The number of methoxy groups -OCH3 is 1. The zero-order valence-corrected chi connectivity index (χ0v) is 27.9. The second-order valence-corrected chi connectivity index (χ2v) is 12.3. The third kappa shape index (κ3) is 6.23. The van der Waals surface area contributed by atoms with Gasteiger partial charge in [0.05, 0.1) is 36.5 Å². The molecule has 0 bridgehead atoms. The fraction of sp³-hybridized carbons (Fsp3) is 0.194. The number of thiazole rings is 1. The van der Waals surface area contributed by atoms with Crippen molar-refractivity contribution in [2.45, 2.75) is 26.5 Å². The maximum atomic E-state index is 14.2. The SMILES string of the molecule is CCOc1ccc([C@@H]2C(C(=O)OC)=CN=c3s/c(=C\c4cc(Br)ccc4OCc4cccc5ccccc45)c(=O)n32)cc1OCC. The summed E-state index contributed by atoms with van der Waals surface area (Å²) in [5.41, 5.74) is 2.38. The molecule has 5 aromatic rings. The number of carbonyl (C=O) groups is 1. The Labute approximate surface area is 278 Å². The number of ether oxygens (including phenoxy) is 4. The molecule has 1 aromatic heterocycles. The van der Waals surface area contributed by atoms with Gasteiger partial charge in [-0.2, -0.15) is 0 Å². The Morgan fingerprint density at radius 3 is 2.50 bits per heavy atom. The van der Waals surface area contributed by atoms with Crippen LogP contribution in [0.15, 0.2) is 105 Å². The summed E-state index contributed by atoms with van der Waals surface area (Å²) in [6, 6.07) is 24.7. The van der Waals surface area contributed by atoms with Crippen LogP contribution in [0.4, 0.5) is 0 Å². The minimum absolute atomic E-state index is 0.231. The number of hydrogen-bond acceptors (Lipinski definition) is 8. The lowest BCUT2D eigenvalue weighted by atomic mass is 9.97. The summed E-state index contributed by atoms with van der Waals surface area (Å²) in [7, 11) is 1.31. The summed E-state index contributed by atoms with van der Waals surface area (Å²) in [6.07, 6.45) is 3.27. The van der Waals surface area contributed by atoms with E-state index in [9.17, 15) is 9.59 Å². The Morgan fingerprint density at radius 1 is 0.935 bits per heavy atom. The third-order valence-corrected chi connectivity index (χ3v) is 9.02. The zero-order chi connectivity index (χ0) is 32.2. The van der Waals surface area contributed by atoms with Crippen molar-refractivity contribution in [2.75, 3.05) is 20.3 Å². The van der Waals surface area contributed by atoms with Crippen molar-refractivity contribution < 1.29 is 23.7 Å². The number of halogens is 1. The highest BCUT2D eigenvalue weighted by Gasteiger charge is 2.31. The number of carbonyl (C=O) groups excluding carboxylic acids is 1. The summed E-state index contributed by atoms with van der Waals surface area (Å²) >= 11 is 4.80. The summed E-state index contributed by atoms with van der Waals surface area (Å²) < 4.78 is 25.8. The molecule has 0 fully saturated rings. The first-order valence-corrected chi connectivity index (χ1v) is 16.4. The van der Waals surface area contributed by atoms with Gasteiger partial charge in [0.15, 0.2) is 16.3 Å². The molecule has 46 heavy (non-hydrogen) atoms. The Morgan fingerprint density at radius 2 is 1.70 bits per heavy atom. The average Bonchev–Trinajstić information content (AvgIpc) is 3.39. The van der Waals surface area contributed by atoms with E-state index >= 15 is 0 Å². The Bertz CT molecular complexity index is 2150. The van der Waals surface area contributed by atoms with Crippen LogP contribution in [0.5, 0.6) is 17.2 Å². The number of rotatable bonds is 10. The number of hydrogen-bond donors (Lipinski definition) is 0. The highest BCUT2D eigenvalue weighted by atomic mass is 79.9. The summed E-state index contributed by atoms with van der Waals surface area (Å²) in [5.74, 6) is 1.15. The molecule has 4 aromatic carbocycles. The number of nitrogens with zero attached hydrogens (tertiary/aromatic N) is 2. The lowest BCUT2D eigenvalue weighted by Crippen LogP contribution is -2.39. The molecule has 10 heteroatoms. The van der Waals surface area contributed by atoms with Gasteiger partial charge in [-0.05, 0) is 72.2 Å². The van der Waals surface area contributed by atoms with E-state index in [2.05, 4.69) is 45.2 Å². The Balaban J connectivity index is 1.42. The van der Waals surface area contributed by atoms with E-state index in [1.54, 1.807) is 18.2 Å². The molecule has 8 nitrogen and oxygen atoms in total. The van der Waals surface area contributed by atoms with Crippen LogP contribution in [0, 0.1) is 0 Å². The first-order chi connectivity index (χ1) is 22.4. The molecule has 0 saturated carbocycles. The van der Waals surface area contributed by atoms with Crippen LogP contribution in [-0.4, -0.2) is 30.9 Å². The number of fused-ring (bicyclic) bond motifs is 2. The van der Waals surface area contributed by atoms with Crippen LogP contribution < -0.4 is 29.1 Å². The van der Waals surface area contributed by atoms with E-state index in [4.69, 9.17) is 18.9 Å². The Hall–Kier alpha value is -4.67. The number of aromatic nitrogens is 1. The largest absolute Gasteiger partial charge is 0.490 e. The quantitative estimate of drug-likeness (QED) is 0.159. The molecule has 0 unspecified atom stereocenters. The zero-order valence-electron chi connectivity index (χ0n) is 25.5. The van der Waals surface area contributed by atoms with Crippen LogP contribution in [0.25, 0.3) is 16.8 Å². The van der Waals surface area contributed by atoms with Gasteiger partial charge in [0.1, 0.15) is 12.4 Å². The van der Waals surface area contributed by atoms with Gasteiger partial charge in [0.25, 0.3) is 5.56 Å². The van der Waals surface area contributed by atoms with Crippen molar-refractivity contribution in [3.05, 3.63) is 131 Å². The van der Waals surface area contributed by atoms with Crippen molar-refractivity contribution in [3.63, 3.8) is 0 Å². The van der Waals surface area contributed by atoms with Gasteiger partial charge in [-0.15, -0.1) is 0 Å². The molecule has 0 N–H and O–H groups in total. The van der Waals surface area contributed by atoms with Crippen LogP contribution in [0.1, 0.15) is 36.6 Å². The van der Waals surface area contributed by atoms with Gasteiger partial charge in [0.2, 0.25) is 0 Å². The highest BCUT2D eigenvalue weighted by molar-refractivity contribution is 9.10. The van der Waals surface area contributed by atoms with E-state index in [1.165, 1.54) is 29.2 Å². The summed E-state index contributed by atoms with van der Waals surface area (Å²) in [4.78, 5) is 32.1. The van der Waals surface area contributed by atoms with Crippen LogP contribution in [0.2, 0.25) is 0 Å². The maximum absolute atomic E-state index is 14.2. The third-order valence-electron chi connectivity index (χ3n) is 7.53. The van der Waals surface area contributed by atoms with Gasteiger partial charge in [-0.25, -0.2) is 9.79 Å². The summed E-state index contributed by atoms with van der Waals surface area (Å²) in [5, 5.41) is 2.27. The molecule has 0 aliphatic carbocycles. The highest BCUT2D eigenvalue weighted by Crippen LogP contribution is 2.35. The van der Waals surface area contributed by atoms with E-state index in [-0.39, 0.29) is 11.1 Å². The molecule has 234 valence electrons. The predicted molar refractivity (Wildman–Crippen MR) is 182 cm³/mol.